The van der Waals surface area contributed by atoms with Crippen molar-refractivity contribution in [1.82, 2.24) is 4.37 Å². The molecule has 5 N–H and O–H groups in total. The van der Waals surface area contributed by atoms with Crippen LogP contribution in [0.5, 0.6) is 0 Å². The number of carbonyl (C=O) groups is 1. The van der Waals surface area contributed by atoms with Crippen molar-refractivity contribution in [3.8, 4) is 6.07 Å². The van der Waals surface area contributed by atoms with Crippen molar-refractivity contribution in [1.29, 1.82) is 5.26 Å². The van der Waals surface area contributed by atoms with E-state index >= 15 is 0 Å². The summed E-state index contributed by atoms with van der Waals surface area (Å²) in [4.78, 5) is 13.4. The van der Waals surface area contributed by atoms with E-state index in [0.717, 1.165) is 17.2 Å². The van der Waals surface area contributed by atoms with E-state index in [1.807, 2.05) is 11.0 Å². The Balaban J connectivity index is 2.26. The van der Waals surface area contributed by atoms with Gasteiger partial charge >= 0.3 is 0 Å². The number of carbonyl (C=O) groups excluding carboxylic acids is 1. The summed E-state index contributed by atoms with van der Waals surface area (Å²) in [6.45, 7) is 3.77. The molecular weight excluding hydrogens is 368 g/mol. The number of aromatic nitrogens is 1. The lowest BCUT2D eigenvalue weighted by molar-refractivity contribution is -0.114. The van der Waals surface area contributed by atoms with E-state index in [4.69, 9.17) is 0 Å². The monoisotopic (exact) mass is 390 g/mol. The summed E-state index contributed by atoms with van der Waals surface area (Å²) in [6.07, 6.45) is 0. The van der Waals surface area contributed by atoms with Gasteiger partial charge in [0.15, 0.2) is 0 Å². The molecule has 0 aliphatic rings. The Labute approximate surface area is 161 Å². The minimum atomic E-state index is -0.239. The minimum Gasteiger partial charge on any atom is -0.395 e. The summed E-state index contributed by atoms with van der Waals surface area (Å²) in [5.74, 6) is -0.239. The number of rotatable bonds is 9. The number of hydrogen-bond acceptors (Lipinski definition) is 9. The smallest absolute Gasteiger partial charge is 0.221 e. The summed E-state index contributed by atoms with van der Waals surface area (Å²) in [6, 6.07) is 7.42. The highest BCUT2D eigenvalue weighted by molar-refractivity contribution is 7.10. The van der Waals surface area contributed by atoms with E-state index in [9.17, 15) is 20.3 Å². The van der Waals surface area contributed by atoms with Crippen LogP contribution in [-0.4, -0.2) is 46.8 Å². The maximum absolute atomic E-state index is 11.6. The van der Waals surface area contributed by atoms with Crippen molar-refractivity contribution >= 4 is 39.5 Å². The zero-order chi connectivity index (χ0) is 19.8. The van der Waals surface area contributed by atoms with Crippen LogP contribution in [0.4, 0.5) is 22.1 Å². The molecule has 144 valence electrons. The van der Waals surface area contributed by atoms with Crippen molar-refractivity contribution in [2.75, 3.05) is 47.4 Å². The van der Waals surface area contributed by atoms with Crippen LogP contribution >= 0.6 is 11.5 Å². The quantitative estimate of drug-likeness (QED) is 0.407. The number of amides is 1. The van der Waals surface area contributed by atoms with Gasteiger partial charge in [-0.15, -0.1) is 0 Å². The molecule has 0 saturated carbocycles. The van der Waals surface area contributed by atoms with Gasteiger partial charge in [-0.1, -0.05) is 0 Å². The average molecular weight is 390 g/mol. The van der Waals surface area contributed by atoms with Gasteiger partial charge in [-0.25, -0.2) is 0 Å². The van der Waals surface area contributed by atoms with Gasteiger partial charge in [0.2, 0.25) is 5.91 Å². The van der Waals surface area contributed by atoms with Crippen molar-refractivity contribution in [3.05, 3.63) is 29.5 Å². The van der Waals surface area contributed by atoms with E-state index in [2.05, 4.69) is 26.6 Å². The number of hydrogen-bond donors (Lipinski definition) is 5. The zero-order valence-electron chi connectivity index (χ0n) is 15.1. The second kappa shape index (κ2) is 9.72. The standard InChI is InChI=1S/C17H22N6O3S/c1-11-14(10-18)17(27-22-11)21-20-15-4-3-13(9-16(15)19-12(2)26)23(5-7-24)6-8-25/h3-4,9,20-21,24-25H,5-8H2,1-2H3,(H,19,26). The SMILES string of the molecule is CC(=O)Nc1cc(N(CCO)CCO)ccc1NNc1snc(C)c1C#N. The second-order valence-corrected chi connectivity index (χ2v) is 6.45. The molecule has 1 aromatic carbocycles. The number of nitrogens with one attached hydrogen (secondary N) is 3. The van der Waals surface area contributed by atoms with E-state index in [1.54, 1.807) is 19.1 Å². The van der Waals surface area contributed by atoms with Gasteiger partial charge in [-0.2, -0.15) is 9.64 Å². The fourth-order valence-electron chi connectivity index (χ4n) is 2.45. The number of nitrogens with zero attached hydrogens (tertiary/aromatic N) is 3. The largest absolute Gasteiger partial charge is 0.395 e. The molecule has 1 heterocycles. The van der Waals surface area contributed by atoms with E-state index in [1.165, 1.54) is 6.92 Å². The second-order valence-electron chi connectivity index (χ2n) is 5.68. The lowest BCUT2D eigenvalue weighted by Crippen LogP contribution is -2.29. The van der Waals surface area contributed by atoms with Crippen LogP contribution < -0.4 is 21.1 Å². The molecule has 0 aliphatic heterocycles. The van der Waals surface area contributed by atoms with Gasteiger partial charge in [-0.05, 0) is 36.7 Å². The molecule has 27 heavy (non-hydrogen) atoms. The Morgan fingerprint density at radius 2 is 1.96 bits per heavy atom. The molecule has 0 spiro atoms. The summed E-state index contributed by atoms with van der Waals surface area (Å²) in [5, 5.41) is 31.0. The van der Waals surface area contributed by atoms with Crippen molar-refractivity contribution in [2.45, 2.75) is 13.8 Å². The summed E-state index contributed by atoms with van der Waals surface area (Å²) in [7, 11) is 0. The van der Waals surface area contributed by atoms with Gasteiger partial charge in [0.1, 0.15) is 16.6 Å². The summed E-state index contributed by atoms with van der Waals surface area (Å²) < 4.78 is 4.14. The molecule has 2 rings (SSSR count). The van der Waals surface area contributed by atoms with Crippen LogP contribution in [0, 0.1) is 18.3 Å². The van der Waals surface area contributed by atoms with Crippen LogP contribution in [0.1, 0.15) is 18.2 Å². The number of aliphatic hydroxyl groups is 2. The maximum atomic E-state index is 11.6. The molecule has 0 fully saturated rings. The van der Waals surface area contributed by atoms with Gasteiger partial charge in [0.25, 0.3) is 0 Å². The van der Waals surface area contributed by atoms with Gasteiger partial charge < -0.3 is 20.4 Å². The molecule has 0 radical (unpaired) electrons. The minimum absolute atomic E-state index is 0.0569. The Morgan fingerprint density at radius 3 is 2.56 bits per heavy atom. The molecule has 0 bridgehead atoms. The maximum Gasteiger partial charge on any atom is 0.221 e. The highest BCUT2D eigenvalue weighted by Crippen LogP contribution is 2.29. The first kappa shape index (κ1) is 20.4. The lowest BCUT2D eigenvalue weighted by atomic mass is 10.2. The Morgan fingerprint density at radius 1 is 1.26 bits per heavy atom. The Bertz CT molecular complexity index is 827. The number of benzene rings is 1. The fraction of sp³-hybridized carbons (Fsp3) is 0.353. The first-order chi connectivity index (χ1) is 13.0. The molecule has 1 aromatic heterocycles. The Kier molecular flexibility index (Phi) is 7.36. The van der Waals surface area contributed by atoms with Crippen molar-refractivity contribution in [2.24, 2.45) is 0 Å². The highest BCUT2D eigenvalue weighted by Gasteiger charge is 2.13. The van der Waals surface area contributed by atoms with E-state index in [0.29, 0.717) is 40.7 Å². The topological polar surface area (TPSA) is 134 Å². The third-order valence-electron chi connectivity index (χ3n) is 3.70. The molecule has 1 amide bonds. The third kappa shape index (κ3) is 5.30. The van der Waals surface area contributed by atoms with Gasteiger partial charge in [0.05, 0.1) is 30.3 Å². The highest BCUT2D eigenvalue weighted by atomic mass is 32.1. The average Bonchev–Trinajstić information content (AvgIpc) is 2.99. The van der Waals surface area contributed by atoms with E-state index in [-0.39, 0.29) is 19.1 Å². The molecule has 10 heteroatoms. The first-order valence-electron chi connectivity index (χ1n) is 8.26. The first-order valence-corrected chi connectivity index (χ1v) is 9.04. The lowest BCUT2D eigenvalue weighted by Gasteiger charge is -2.24. The molecule has 0 atom stereocenters. The molecule has 0 unspecified atom stereocenters. The van der Waals surface area contributed by atoms with Crippen LogP contribution in [0.15, 0.2) is 18.2 Å². The number of aliphatic hydroxyl groups excluding tert-OH is 2. The molecule has 0 saturated heterocycles. The normalized spacial score (nSPS) is 10.2. The number of anilines is 4. The van der Waals surface area contributed by atoms with Crippen LogP contribution in [-0.2, 0) is 4.79 Å². The van der Waals surface area contributed by atoms with Crippen molar-refractivity contribution < 1.29 is 15.0 Å². The Hall–Kier alpha value is -2.87. The van der Waals surface area contributed by atoms with Crippen molar-refractivity contribution in [3.63, 3.8) is 0 Å². The number of aryl methyl sites for hydroxylation is 1. The molecular formula is C17H22N6O3S. The van der Waals surface area contributed by atoms with E-state index < -0.39 is 0 Å². The summed E-state index contributed by atoms with van der Waals surface area (Å²) >= 11 is 1.16. The molecule has 9 nitrogen and oxygen atoms in total. The van der Waals surface area contributed by atoms with Gasteiger partial charge in [0, 0.05) is 25.7 Å². The summed E-state index contributed by atoms with van der Waals surface area (Å²) in [5.41, 5.74) is 8.91. The molecule has 2 aromatic rings. The predicted molar refractivity (Wildman–Crippen MR) is 106 cm³/mol. The van der Waals surface area contributed by atoms with Crippen LogP contribution in [0.2, 0.25) is 0 Å². The fourth-order valence-corrected chi connectivity index (χ4v) is 3.15. The van der Waals surface area contributed by atoms with Crippen LogP contribution in [0.3, 0.4) is 0 Å². The number of hydrazine groups is 1. The third-order valence-corrected chi connectivity index (χ3v) is 4.56. The van der Waals surface area contributed by atoms with Crippen LogP contribution in [0.25, 0.3) is 0 Å². The zero-order valence-corrected chi connectivity index (χ0v) is 15.9. The molecule has 0 aliphatic carbocycles. The predicted octanol–water partition coefficient (Wildman–Crippen LogP) is 1.51. The van der Waals surface area contributed by atoms with Gasteiger partial charge in [-0.3, -0.25) is 15.6 Å². The number of nitriles is 1.